The van der Waals surface area contributed by atoms with Crippen LogP contribution >= 0.6 is 0 Å². The van der Waals surface area contributed by atoms with Crippen molar-refractivity contribution in [3.63, 3.8) is 0 Å². The van der Waals surface area contributed by atoms with Crippen LogP contribution in [0, 0.1) is 0 Å². The highest BCUT2D eigenvalue weighted by Gasteiger charge is 2.00. The normalized spacial score (nSPS) is 12.2. The third-order valence-corrected chi connectivity index (χ3v) is 2.17. The summed E-state index contributed by atoms with van der Waals surface area (Å²) in [5.41, 5.74) is 0.871. The molecule has 1 aromatic rings. The van der Waals surface area contributed by atoms with Gasteiger partial charge in [0.2, 0.25) is 0 Å². The largest absolute Gasteiger partial charge is 0.496 e. The van der Waals surface area contributed by atoms with E-state index in [1.54, 1.807) is 20.1 Å². The number of urea groups is 1. The molecule has 0 heterocycles. The number of para-hydroxylation sites is 1. The highest BCUT2D eigenvalue weighted by Crippen LogP contribution is 2.17. The number of methoxy groups -OCH3 is 1. The molecule has 0 bridgehead atoms. The summed E-state index contributed by atoms with van der Waals surface area (Å²) in [7, 11) is 1.59. The number of hydrogen-bond acceptors (Lipinski definition) is 3. The van der Waals surface area contributed by atoms with Crippen LogP contribution in [-0.4, -0.2) is 30.9 Å². The number of nitrogens with one attached hydrogen (secondary N) is 2. The first kappa shape index (κ1) is 14.1. The van der Waals surface area contributed by atoms with E-state index in [9.17, 15) is 4.79 Å². The molecular weight excluding hydrogens is 232 g/mol. The van der Waals surface area contributed by atoms with Gasteiger partial charge in [0, 0.05) is 18.3 Å². The van der Waals surface area contributed by atoms with Gasteiger partial charge in [0.25, 0.3) is 0 Å². The highest BCUT2D eigenvalue weighted by atomic mass is 16.5. The Kier molecular flexibility index (Phi) is 5.73. The SMILES string of the molecule is COc1ccccc1/C=C/NC(=O)NCC(C)O. The van der Waals surface area contributed by atoms with E-state index in [0.29, 0.717) is 0 Å². The van der Waals surface area contributed by atoms with Crippen LogP contribution in [0.25, 0.3) is 6.08 Å². The molecule has 0 aromatic heterocycles. The molecule has 5 nitrogen and oxygen atoms in total. The maximum Gasteiger partial charge on any atom is 0.318 e. The van der Waals surface area contributed by atoms with Crippen LogP contribution in [0.2, 0.25) is 0 Å². The van der Waals surface area contributed by atoms with E-state index in [1.807, 2.05) is 24.3 Å². The summed E-state index contributed by atoms with van der Waals surface area (Å²) in [5.74, 6) is 0.736. The number of carbonyl (C=O) groups is 1. The first-order chi connectivity index (χ1) is 8.63. The molecule has 0 fully saturated rings. The maximum atomic E-state index is 11.3. The lowest BCUT2D eigenvalue weighted by molar-refractivity contribution is 0.188. The first-order valence-corrected chi connectivity index (χ1v) is 5.65. The van der Waals surface area contributed by atoms with Crippen molar-refractivity contribution in [2.45, 2.75) is 13.0 Å². The summed E-state index contributed by atoms with van der Waals surface area (Å²) in [6.07, 6.45) is 2.70. The molecule has 0 saturated heterocycles. The van der Waals surface area contributed by atoms with Gasteiger partial charge in [-0.15, -0.1) is 0 Å². The van der Waals surface area contributed by atoms with Gasteiger partial charge in [0.1, 0.15) is 5.75 Å². The number of aliphatic hydroxyl groups is 1. The summed E-state index contributed by atoms with van der Waals surface area (Å²) in [4.78, 5) is 11.3. The molecule has 1 aromatic carbocycles. The molecule has 5 heteroatoms. The molecule has 1 rings (SSSR count). The Morgan fingerprint density at radius 2 is 2.22 bits per heavy atom. The second kappa shape index (κ2) is 7.34. The fraction of sp³-hybridized carbons (Fsp3) is 0.308. The van der Waals surface area contributed by atoms with Crippen LogP contribution in [0.3, 0.4) is 0 Å². The van der Waals surface area contributed by atoms with E-state index in [1.165, 1.54) is 6.20 Å². The Morgan fingerprint density at radius 1 is 1.50 bits per heavy atom. The van der Waals surface area contributed by atoms with Crippen LogP contribution < -0.4 is 15.4 Å². The minimum atomic E-state index is -0.561. The van der Waals surface area contributed by atoms with Gasteiger partial charge >= 0.3 is 6.03 Å². The summed E-state index contributed by atoms with van der Waals surface area (Å²) < 4.78 is 5.17. The molecule has 3 N–H and O–H groups in total. The lowest BCUT2D eigenvalue weighted by Gasteiger charge is -2.06. The van der Waals surface area contributed by atoms with Gasteiger partial charge in [-0.2, -0.15) is 0 Å². The fourth-order valence-corrected chi connectivity index (χ4v) is 1.30. The molecule has 18 heavy (non-hydrogen) atoms. The minimum Gasteiger partial charge on any atom is -0.496 e. The lowest BCUT2D eigenvalue weighted by atomic mass is 10.2. The fourth-order valence-electron chi connectivity index (χ4n) is 1.30. The maximum absolute atomic E-state index is 11.3. The summed E-state index contributed by atoms with van der Waals surface area (Å²) in [6, 6.07) is 7.12. The van der Waals surface area contributed by atoms with Crippen molar-refractivity contribution >= 4 is 12.1 Å². The molecule has 0 aliphatic carbocycles. The molecular formula is C13H18N2O3. The van der Waals surface area contributed by atoms with Crippen LogP contribution in [0.15, 0.2) is 30.5 Å². The summed E-state index contributed by atoms with van der Waals surface area (Å²) >= 11 is 0. The average Bonchev–Trinajstić information content (AvgIpc) is 2.37. The van der Waals surface area contributed by atoms with Crippen LogP contribution in [-0.2, 0) is 0 Å². The quantitative estimate of drug-likeness (QED) is 0.738. The van der Waals surface area contributed by atoms with Gasteiger partial charge in [0.15, 0.2) is 0 Å². The predicted octanol–water partition coefficient (Wildman–Crippen LogP) is 1.35. The Morgan fingerprint density at radius 3 is 2.89 bits per heavy atom. The van der Waals surface area contributed by atoms with Gasteiger partial charge < -0.3 is 20.5 Å². The van der Waals surface area contributed by atoms with Crippen LogP contribution in [0.4, 0.5) is 4.79 Å². The number of amides is 2. The molecule has 0 aliphatic heterocycles. The molecule has 0 spiro atoms. The monoisotopic (exact) mass is 250 g/mol. The number of aliphatic hydroxyl groups excluding tert-OH is 1. The summed E-state index contributed by atoms with van der Waals surface area (Å²) in [5, 5.41) is 14.1. The zero-order valence-corrected chi connectivity index (χ0v) is 10.5. The van der Waals surface area contributed by atoms with Gasteiger partial charge in [0.05, 0.1) is 13.2 Å². The smallest absolute Gasteiger partial charge is 0.318 e. The van der Waals surface area contributed by atoms with Gasteiger partial charge in [-0.25, -0.2) is 4.79 Å². The third kappa shape index (κ3) is 4.88. The number of carbonyl (C=O) groups excluding carboxylic acids is 1. The standard InChI is InChI=1S/C13H18N2O3/c1-10(16)9-15-13(17)14-8-7-11-5-3-4-6-12(11)18-2/h3-8,10,16H,9H2,1-2H3,(H2,14,15,17)/b8-7+. The van der Waals surface area contributed by atoms with Crippen LogP contribution in [0.1, 0.15) is 12.5 Å². The minimum absolute atomic E-state index is 0.217. The molecule has 1 atom stereocenters. The van der Waals surface area contributed by atoms with Gasteiger partial charge in [-0.1, -0.05) is 18.2 Å². The molecule has 1 unspecified atom stereocenters. The lowest BCUT2D eigenvalue weighted by Crippen LogP contribution is -2.36. The number of benzene rings is 1. The third-order valence-electron chi connectivity index (χ3n) is 2.17. The Balaban J connectivity index is 2.47. The summed E-state index contributed by atoms with van der Waals surface area (Å²) in [6.45, 7) is 1.82. The molecule has 0 radical (unpaired) electrons. The molecule has 2 amide bonds. The Labute approximate surface area is 106 Å². The average molecular weight is 250 g/mol. The van der Waals surface area contributed by atoms with Crippen molar-refractivity contribution in [1.29, 1.82) is 0 Å². The van der Waals surface area contributed by atoms with E-state index in [2.05, 4.69) is 10.6 Å². The van der Waals surface area contributed by atoms with E-state index in [4.69, 9.17) is 9.84 Å². The number of hydrogen-bond donors (Lipinski definition) is 3. The Hall–Kier alpha value is -2.01. The van der Waals surface area contributed by atoms with Crippen molar-refractivity contribution in [3.8, 4) is 5.75 Å². The van der Waals surface area contributed by atoms with Crippen molar-refractivity contribution in [2.75, 3.05) is 13.7 Å². The van der Waals surface area contributed by atoms with E-state index in [0.717, 1.165) is 11.3 Å². The van der Waals surface area contributed by atoms with E-state index < -0.39 is 6.10 Å². The molecule has 98 valence electrons. The molecule has 0 saturated carbocycles. The van der Waals surface area contributed by atoms with E-state index >= 15 is 0 Å². The van der Waals surface area contributed by atoms with Crippen molar-refractivity contribution < 1.29 is 14.6 Å². The van der Waals surface area contributed by atoms with Crippen LogP contribution in [0.5, 0.6) is 5.75 Å². The van der Waals surface area contributed by atoms with Gasteiger partial charge in [-0.3, -0.25) is 0 Å². The van der Waals surface area contributed by atoms with Crippen molar-refractivity contribution in [3.05, 3.63) is 36.0 Å². The number of ether oxygens (including phenoxy) is 1. The zero-order valence-electron chi connectivity index (χ0n) is 10.5. The highest BCUT2D eigenvalue weighted by molar-refractivity contribution is 5.76. The second-order valence-electron chi connectivity index (χ2n) is 3.78. The van der Waals surface area contributed by atoms with Crippen molar-refractivity contribution in [1.82, 2.24) is 10.6 Å². The van der Waals surface area contributed by atoms with Gasteiger partial charge in [-0.05, 0) is 19.1 Å². The number of rotatable bonds is 5. The first-order valence-electron chi connectivity index (χ1n) is 5.65. The topological polar surface area (TPSA) is 70.6 Å². The van der Waals surface area contributed by atoms with E-state index in [-0.39, 0.29) is 12.6 Å². The van der Waals surface area contributed by atoms with Crippen molar-refractivity contribution in [2.24, 2.45) is 0 Å². The Bertz CT molecular complexity index is 416. The molecule has 0 aliphatic rings. The second-order valence-corrected chi connectivity index (χ2v) is 3.78. The zero-order chi connectivity index (χ0) is 13.4. The predicted molar refractivity (Wildman–Crippen MR) is 70.2 cm³/mol.